The zero-order valence-corrected chi connectivity index (χ0v) is 27.1. The van der Waals surface area contributed by atoms with Crippen LogP contribution in [0, 0.1) is 37.4 Å². The molecule has 5 heterocycles. The molecule has 46 heavy (non-hydrogen) atoms. The van der Waals surface area contributed by atoms with Gasteiger partial charge in [0.25, 0.3) is 0 Å². The molecule has 0 spiro atoms. The van der Waals surface area contributed by atoms with Crippen molar-refractivity contribution in [1.82, 2.24) is 19.6 Å². The van der Waals surface area contributed by atoms with E-state index in [1.54, 1.807) is 56.2 Å². The van der Waals surface area contributed by atoms with Crippen molar-refractivity contribution in [2.24, 2.45) is 0 Å². The molecule has 0 N–H and O–H groups in total. The van der Waals surface area contributed by atoms with E-state index in [-0.39, 0.29) is 32.0 Å². The molecule has 5 aliphatic heterocycles. The Morgan fingerprint density at radius 2 is 1.43 bits per heavy atom. The molecule has 5 aliphatic rings. The molecule has 241 valence electrons. The van der Waals surface area contributed by atoms with E-state index in [1.165, 1.54) is 12.4 Å². The van der Waals surface area contributed by atoms with Crippen molar-refractivity contribution in [3.05, 3.63) is 152 Å². The standard InChI is InChI=1S/C35H30F3N7.Ir/c36-31-21-41(26-9-3-1-4-10-26)24-40(31)19-17-39-16-15-29-34(45-25-42(22-32(45)37)27-11-5-2-6-12-27)28-13-7-8-14-30(28)44-23-33(38)43(20-18-39)35(29)44;/h1-9,11,13-14,21-25,35H,15-20H2;/q-6;. The number of benzene rings is 3. The molecular weight excluding hydrogens is 768 g/mol. The summed E-state index contributed by atoms with van der Waals surface area (Å²) in [6.45, 7) is 6.15. The normalized spacial score (nSPS) is 21.4. The van der Waals surface area contributed by atoms with Gasteiger partial charge in [0, 0.05) is 64.9 Å². The van der Waals surface area contributed by atoms with Crippen molar-refractivity contribution in [3.63, 3.8) is 0 Å². The number of fused-ring (bicyclic) bond motifs is 2. The first-order valence-electron chi connectivity index (χ1n) is 15.0. The zero-order valence-electron chi connectivity index (χ0n) is 24.7. The fraction of sp³-hybridized carbons (Fsp3) is 0.200. The van der Waals surface area contributed by atoms with Gasteiger partial charge in [0.1, 0.15) is 0 Å². The smallest absolute Gasteiger partial charge is 0.204 e. The molecule has 0 saturated carbocycles. The van der Waals surface area contributed by atoms with Gasteiger partial charge in [0.15, 0.2) is 11.9 Å². The van der Waals surface area contributed by atoms with Gasteiger partial charge in [-0.25, -0.2) is 0 Å². The number of halogens is 3. The fourth-order valence-corrected chi connectivity index (χ4v) is 6.65. The van der Waals surface area contributed by atoms with Crippen molar-refractivity contribution >= 4 is 17.1 Å². The van der Waals surface area contributed by atoms with Gasteiger partial charge in [-0.15, -0.1) is 17.4 Å². The van der Waals surface area contributed by atoms with Crippen molar-refractivity contribution in [2.45, 2.75) is 12.6 Å². The Kier molecular flexibility index (Phi) is 8.40. The molecule has 0 aromatic heterocycles. The molecule has 3 aromatic rings. The SMILES string of the molecule is FC1=CN(c2[c-]cccc2)[CH-]N1CCN1CC[C-]2[C-](N3[CH-]N(c4[c-]cccc4)C=C3F)c3ccccc3N3C=C(F)N(CC1)C23.[Ir]. The molecule has 11 heteroatoms. The predicted molar refractivity (Wildman–Crippen MR) is 166 cm³/mol. The van der Waals surface area contributed by atoms with E-state index in [2.05, 4.69) is 17.0 Å². The van der Waals surface area contributed by atoms with Crippen LogP contribution >= 0.6 is 0 Å². The van der Waals surface area contributed by atoms with Crippen LogP contribution in [0.3, 0.4) is 0 Å². The van der Waals surface area contributed by atoms with Crippen molar-refractivity contribution < 1.29 is 33.3 Å². The maximum atomic E-state index is 15.9. The van der Waals surface area contributed by atoms with Gasteiger partial charge in [-0.3, -0.25) is 12.0 Å². The van der Waals surface area contributed by atoms with E-state index >= 15 is 8.78 Å². The average Bonchev–Trinajstić information content (AvgIpc) is 3.74. The number of anilines is 3. The van der Waals surface area contributed by atoms with Crippen LogP contribution < -0.4 is 14.7 Å². The molecule has 1 saturated heterocycles. The van der Waals surface area contributed by atoms with Gasteiger partial charge >= 0.3 is 0 Å². The second kappa shape index (κ2) is 12.6. The van der Waals surface area contributed by atoms with Crippen molar-refractivity contribution in [2.75, 3.05) is 47.4 Å². The molecule has 7 nitrogen and oxygen atoms in total. The summed E-state index contributed by atoms with van der Waals surface area (Å²) in [6.07, 6.45) is 4.61. The number of nitrogens with zero attached hydrogens (tertiary/aromatic N) is 7. The van der Waals surface area contributed by atoms with Gasteiger partial charge in [0.05, 0.1) is 0 Å². The Labute approximate surface area is 281 Å². The van der Waals surface area contributed by atoms with Gasteiger partial charge in [0.2, 0.25) is 5.95 Å². The second-order valence-corrected chi connectivity index (χ2v) is 11.4. The average molecular weight is 798 g/mol. The minimum absolute atomic E-state index is 0. The maximum absolute atomic E-state index is 15.9. The first-order valence-corrected chi connectivity index (χ1v) is 15.0. The number of para-hydroxylation sites is 3. The number of hydrogen-bond donors (Lipinski definition) is 0. The third-order valence-electron chi connectivity index (χ3n) is 8.83. The van der Waals surface area contributed by atoms with Crippen LogP contribution in [0.25, 0.3) is 0 Å². The van der Waals surface area contributed by atoms with E-state index in [0.717, 1.165) is 22.9 Å². The van der Waals surface area contributed by atoms with E-state index in [4.69, 9.17) is 0 Å². The summed E-state index contributed by atoms with van der Waals surface area (Å²) >= 11 is 0. The summed E-state index contributed by atoms with van der Waals surface area (Å²) in [5.74, 6) is -0.175. The van der Waals surface area contributed by atoms with E-state index in [0.29, 0.717) is 50.9 Å². The first kappa shape index (κ1) is 30.6. The molecule has 3 aromatic carbocycles. The molecular formula is C35H30F3IrN7-6. The Morgan fingerprint density at radius 1 is 0.739 bits per heavy atom. The van der Waals surface area contributed by atoms with Gasteiger partial charge in [-0.2, -0.15) is 105 Å². The molecule has 1 fully saturated rings. The van der Waals surface area contributed by atoms with Crippen LogP contribution in [0.1, 0.15) is 12.0 Å². The molecule has 8 rings (SSSR count). The molecule has 0 amide bonds. The topological polar surface area (TPSA) is 22.7 Å². The minimum atomic E-state index is -0.429. The van der Waals surface area contributed by atoms with Crippen LogP contribution in [0.15, 0.2) is 109 Å². The van der Waals surface area contributed by atoms with Crippen molar-refractivity contribution in [3.8, 4) is 0 Å². The van der Waals surface area contributed by atoms with Crippen molar-refractivity contribution in [1.29, 1.82) is 0 Å². The molecule has 0 aliphatic carbocycles. The van der Waals surface area contributed by atoms with Crippen LogP contribution in [0.2, 0.25) is 0 Å². The fourth-order valence-electron chi connectivity index (χ4n) is 6.65. The van der Waals surface area contributed by atoms with Gasteiger partial charge < -0.3 is 34.3 Å². The molecule has 1 unspecified atom stereocenters. The maximum Gasteiger partial charge on any atom is 0.204 e. The summed E-state index contributed by atoms with van der Waals surface area (Å²) in [4.78, 5) is 12.5. The summed E-state index contributed by atoms with van der Waals surface area (Å²) in [5, 5.41) is 0. The quantitative estimate of drug-likeness (QED) is 0.220. The van der Waals surface area contributed by atoms with Gasteiger partial charge in [-0.05, 0) is 12.7 Å². The Hall–Kier alpha value is -4.05. The van der Waals surface area contributed by atoms with Crippen LogP contribution in [-0.2, 0) is 20.1 Å². The third kappa shape index (κ3) is 5.40. The molecule has 1 radical (unpaired) electrons. The Bertz CT molecular complexity index is 1640. The zero-order chi connectivity index (χ0) is 30.5. The number of hydrogen-bond acceptors (Lipinski definition) is 7. The Balaban J connectivity index is 0.00000338. The molecule has 1 atom stereocenters. The van der Waals surface area contributed by atoms with E-state index < -0.39 is 12.1 Å². The van der Waals surface area contributed by atoms with Crippen LogP contribution in [0.4, 0.5) is 30.2 Å². The number of rotatable bonds is 6. The third-order valence-corrected chi connectivity index (χ3v) is 8.83. The molecule has 0 bridgehead atoms. The van der Waals surface area contributed by atoms with Crippen LogP contribution in [0.5, 0.6) is 0 Å². The summed E-state index contributed by atoms with van der Waals surface area (Å²) in [7, 11) is 0. The Morgan fingerprint density at radius 3 is 2.17 bits per heavy atom. The van der Waals surface area contributed by atoms with Gasteiger partial charge in [-0.1, -0.05) is 17.8 Å². The van der Waals surface area contributed by atoms with Crippen LogP contribution in [-0.4, -0.2) is 58.5 Å². The predicted octanol–water partition coefficient (Wildman–Crippen LogP) is 6.09. The second-order valence-electron chi connectivity index (χ2n) is 11.4. The van der Waals surface area contributed by atoms with E-state index in [1.807, 2.05) is 65.6 Å². The minimum Gasteiger partial charge on any atom is -0.532 e. The summed E-state index contributed by atoms with van der Waals surface area (Å²) < 4.78 is 46.5. The van der Waals surface area contributed by atoms with E-state index in [9.17, 15) is 4.39 Å². The monoisotopic (exact) mass is 798 g/mol. The summed E-state index contributed by atoms with van der Waals surface area (Å²) in [5.41, 5.74) is 3.13. The largest absolute Gasteiger partial charge is 0.532 e. The summed E-state index contributed by atoms with van der Waals surface area (Å²) in [6, 6.07) is 29.6. The first-order chi connectivity index (χ1) is 22.0.